The molecule has 0 fully saturated rings. The monoisotopic (exact) mass is 194 g/mol. The average molecular weight is 194 g/mol. The van der Waals surface area contributed by atoms with E-state index in [1.54, 1.807) is 0 Å². The van der Waals surface area contributed by atoms with Crippen LogP contribution in [0.4, 0.5) is 0 Å². The van der Waals surface area contributed by atoms with Gasteiger partial charge in [0.1, 0.15) is 8.77 Å². The second-order valence-corrected chi connectivity index (χ2v) is 4.77. The molecule has 5 heteroatoms. The summed E-state index contributed by atoms with van der Waals surface area (Å²) in [6, 6.07) is 0. The van der Waals surface area contributed by atoms with E-state index in [1.165, 1.54) is 0 Å². The molecule has 0 aromatic rings. The van der Waals surface area contributed by atoms with E-state index in [9.17, 15) is 4.21 Å². The molecule has 0 saturated heterocycles. The van der Waals surface area contributed by atoms with Gasteiger partial charge in [0.25, 0.3) is 0 Å². The van der Waals surface area contributed by atoms with E-state index in [0.29, 0.717) is 0 Å². The van der Waals surface area contributed by atoms with E-state index < -0.39 is 8.77 Å². The van der Waals surface area contributed by atoms with Crippen molar-refractivity contribution >= 4 is 20.0 Å². The van der Waals surface area contributed by atoms with Crippen LogP contribution < -0.4 is 51.4 Å². The number of hydrogen-bond acceptors (Lipinski definition) is 2. The molecule has 1 unspecified atom stereocenters. The quantitative estimate of drug-likeness (QED) is 0.535. The summed E-state index contributed by atoms with van der Waals surface area (Å²) >= 11 is 4.23. The minimum Gasteiger partial charge on any atom is -1.00 e. The third-order valence-electron chi connectivity index (χ3n) is 0.756. The Balaban J connectivity index is -0.000000245. The molecule has 0 aliphatic rings. The standard InChI is InChI=1S/C4H10O2S2.K.H/c1-2-3-4-8(5,6)7;;/h2-4H2,1H3,(H,5,6,7);;/q;+1;-1. The van der Waals surface area contributed by atoms with E-state index in [0.717, 1.165) is 12.8 Å². The Hall–Kier alpha value is 1.97. The van der Waals surface area contributed by atoms with Crippen LogP contribution in [0, 0.1) is 0 Å². The first-order valence-electron chi connectivity index (χ1n) is 2.51. The molecule has 9 heavy (non-hydrogen) atoms. The molecule has 0 radical (unpaired) electrons. The fourth-order valence-electron chi connectivity index (χ4n) is 0.327. The van der Waals surface area contributed by atoms with Crippen molar-refractivity contribution in [3.8, 4) is 0 Å². The van der Waals surface area contributed by atoms with Crippen LogP contribution in [0.2, 0.25) is 0 Å². The normalized spacial score (nSPS) is 15.8. The van der Waals surface area contributed by atoms with E-state index in [-0.39, 0.29) is 58.6 Å². The maximum atomic E-state index is 10.3. The Labute approximate surface area is 105 Å². The minimum atomic E-state index is -2.85. The Morgan fingerprint density at radius 3 is 2.33 bits per heavy atom. The second-order valence-electron chi connectivity index (χ2n) is 1.64. The molecular formula is C4H11KO2S2. The molecule has 0 aromatic heterocycles. The van der Waals surface area contributed by atoms with Crippen molar-refractivity contribution < 1.29 is 61.6 Å². The number of rotatable bonds is 3. The topological polar surface area (TPSA) is 37.3 Å². The third-order valence-corrected chi connectivity index (χ3v) is 2.06. The first-order chi connectivity index (χ1) is 3.56. The van der Waals surface area contributed by atoms with Crippen LogP contribution in [0.25, 0.3) is 0 Å². The van der Waals surface area contributed by atoms with Crippen LogP contribution in [0.1, 0.15) is 21.2 Å². The fraction of sp³-hybridized carbons (Fsp3) is 1.00. The van der Waals surface area contributed by atoms with Crippen molar-refractivity contribution in [2.75, 3.05) is 5.75 Å². The van der Waals surface area contributed by atoms with Gasteiger partial charge in [-0.25, -0.2) is 4.21 Å². The third kappa shape index (κ3) is 13.0. The van der Waals surface area contributed by atoms with Crippen molar-refractivity contribution in [1.82, 2.24) is 0 Å². The molecule has 0 rings (SSSR count). The second kappa shape index (κ2) is 6.66. The number of unbranched alkanes of at least 4 members (excludes halogenated alkanes) is 1. The zero-order valence-electron chi connectivity index (χ0n) is 6.79. The van der Waals surface area contributed by atoms with Gasteiger partial charge >= 0.3 is 51.4 Å². The molecule has 2 nitrogen and oxygen atoms in total. The maximum Gasteiger partial charge on any atom is 1.00 e. The van der Waals surface area contributed by atoms with Crippen molar-refractivity contribution in [2.24, 2.45) is 0 Å². The van der Waals surface area contributed by atoms with Gasteiger partial charge in [-0.05, 0) is 6.42 Å². The van der Waals surface area contributed by atoms with E-state index in [4.69, 9.17) is 4.55 Å². The van der Waals surface area contributed by atoms with Gasteiger partial charge in [-0.2, -0.15) is 0 Å². The Kier molecular flexibility index (Phi) is 10.0. The summed E-state index contributed by atoms with van der Waals surface area (Å²) in [6.45, 7) is 1.96. The maximum absolute atomic E-state index is 10.3. The molecule has 0 heterocycles. The summed E-state index contributed by atoms with van der Waals surface area (Å²) < 4.78 is 18.8. The van der Waals surface area contributed by atoms with Crippen molar-refractivity contribution in [2.45, 2.75) is 19.8 Å². The molecule has 1 atom stereocenters. The molecule has 1 N–H and O–H groups in total. The van der Waals surface area contributed by atoms with Crippen molar-refractivity contribution in [1.29, 1.82) is 0 Å². The molecule has 0 saturated carbocycles. The first kappa shape index (κ1) is 13.5. The fourth-order valence-corrected chi connectivity index (χ4v) is 1.33. The van der Waals surface area contributed by atoms with E-state index >= 15 is 0 Å². The van der Waals surface area contributed by atoms with Gasteiger partial charge in [-0.1, -0.05) is 13.3 Å². The number of hydrogen-bond donors (Lipinski definition) is 1. The summed E-state index contributed by atoms with van der Waals surface area (Å²) in [5.74, 6) is 0.263. The van der Waals surface area contributed by atoms with Crippen LogP contribution in [-0.4, -0.2) is 14.5 Å². The van der Waals surface area contributed by atoms with Gasteiger partial charge in [0.15, 0.2) is 0 Å². The van der Waals surface area contributed by atoms with Crippen LogP contribution in [0.3, 0.4) is 0 Å². The summed E-state index contributed by atoms with van der Waals surface area (Å²) in [5, 5.41) is 0. The largest absolute Gasteiger partial charge is 1.00 e. The molecule has 0 aliphatic carbocycles. The smallest absolute Gasteiger partial charge is 1.00 e. The minimum absolute atomic E-state index is 0. The summed E-state index contributed by atoms with van der Waals surface area (Å²) in [7, 11) is -2.85. The SMILES string of the molecule is CCCCS(=O)(O)=S.[H-].[K+]. The first-order valence-corrected chi connectivity index (χ1v) is 5.12. The van der Waals surface area contributed by atoms with Gasteiger partial charge in [-0.3, -0.25) is 0 Å². The van der Waals surface area contributed by atoms with E-state index in [2.05, 4.69) is 11.2 Å². The van der Waals surface area contributed by atoms with Crippen molar-refractivity contribution in [3.05, 3.63) is 0 Å². The van der Waals surface area contributed by atoms with Gasteiger partial charge in [-0.15, -0.1) is 0 Å². The van der Waals surface area contributed by atoms with Gasteiger partial charge in [0.2, 0.25) is 0 Å². The predicted molar refractivity (Wildman–Crippen MR) is 39.0 cm³/mol. The Morgan fingerprint density at radius 2 is 2.22 bits per heavy atom. The summed E-state index contributed by atoms with van der Waals surface area (Å²) in [5.41, 5.74) is 0. The molecule has 0 spiro atoms. The molecule has 52 valence electrons. The van der Waals surface area contributed by atoms with Crippen LogP contribution in [-0.2, 0) is 20.0 Å². The molecule has 0 amide bonds. The summed E-state index contributed by atoms with van der Waals surface area (Å²) in [6.07, 6.45) is 1.67. The zero-order chi connectivity index (χ0) is 6.62. The average Bonchev–Trinajstić information content (AvgIpc) is 1.59. The van der Waals surface area contributed by atoms with Gasteiger partial charge in [0.05, 0.1) is 0 Å². The summed E-state index contributed by atoms with van der Waals surface area (Å²) in [4.78, 5) is 0. The van der Waals surface area contributed by atoms with Crippen LogP contribution in [0.15, 0.2) is 0 Å². The van der Waals surface area contributed by atoms with Crippen LogP contribution in [0.5, 0.6) is 0 Å². The Bertz CT molecular complexity index is 145. The van der Waals surface area contributed by atoms with Gasteiger partial charge in [0, 0.05) is 16.9 Å². The predicted octanol–water partition coefficient (Wildman–Crippen LogP) is -1.88. The van der Waals surface area contributed by atoms with Crippen molar-refractivity contribution in [3.63, 3.8) is 0 Å². The molecule has 0 aromatic carbocycles. The molecular weight excluding hydrogens is 183 g/mol. The zero-order valence-corrected chi connectivity index (χ0v) is 10.5. The molecule has 0 aliphatic heterocycles. The molecule has 0 bridgehead atoms. The van der Waals surface area contributed by atoms with Gasteiger partial charge < -0.3 is 5.98 Å². The van der Waals surface area contributed by atoms with E-state index in [1.807, 2.05) is 6.92 Å². The van der Waals surface area contributed by atoms with Crippen LogP contribution >= 0.6 is 0 Å². The Morgan fingerprint density at radius 1 is 1.78 bits per heavy atom.